The lowest BCUT2D eigenvalue weighted by Crippen LogP contribution is -2.14. The van der Waals surface area contributed by atoms with Crippen LogP contribution in [0.4, 0.5) is 4.39 Å². The molecule has 4 nitrogen and oxygen atoms in total. The molecular weight excluding hydrogens is 259 g/mol. The van der Waals surface area contributed by atoms with Crippen LogP contribution in [0.2, 0.25) is 0 Å². The Morgan fingerprint density at radius 1 is 1.35 bits per heavy atom. The van der Waals surface area contributed by atoms with Gasteiger partial charge >= 0.3 is 0 Å². The third-order valence-electron chi connectivity index (χ3n) is 3.16. The predicted molar refractivity (Wildman–Crippen MR) is 74.0 cm³/mol. The summed E-state index contributed by atoms with van der Waals surface area (Å²) in [5.41, 5.74) is 1.52. The fourth-order valence-electron chi connectivity index (χ4n) is 2.25. The van der Waals surface area contributed by atoms with Gasteiger partial charge in [0.1, 0.15) is 17.1 Å². The van der Waals surface area contributed by atoms with Gasteiger partial charge in [-0.3, -0.25) is 4.79 Å². The van der Waals surface area contributed by atoms with Gasteiger partial charge in [-0.15, -0.1) is 0 Å². The van der Waals surface area contributed by atoms with Gasteiger partial charge in [-0.1, -0.05) is 13.3 Å². The van der Waals surface area contributed by atoms with Crippen LogP contribution in [0, 0.1) is 5.82 Å². The fourth-order valence-corrected chi connectivity index (χ4v) is 2.25. The number of aromatic amines is 1. The largest absolute Gasteiger partial charge is 0.454 e. The van der Waals surface area contributed by atoms with Crippen molar-refractivity contribution in [1.29, 1.82) is 0 Å². The van der Waals surface area contributed by atoms with Crippen LogP contribution >= 0.6 is 0 Å². The standard InChI is InChI=1S/C15H13FN2O2/c1-2-3-11-14(17-8-18-15(11)19)13-7-9-6-10(16)4-5-12(9)20-13/h4-8H,2-3H2,1H3,(H,17,18,19). The summed E-state index contributed by atoms with van der Waals surface area (Å²) in [6, 6.07) is 6.02. The number of H-pyrrole nitrogens is 1. The molecular formula is C15H13FN2O2. The Bertz CT molecular complexity index is 820. The SMILES string of the molecule is CCCc1c(-c2cc3cc(F)ccc3o2)nc[nH]c1=O. The second-order valence-electron chi connectivity index (χ2n) is 4.60. The summed E-state index contributed by atoms with van der Waals surface area (Å²) >= 11 is 0. The molecule has 0 unspecified atom stereocenters. The summed E-state index contributed by atoms with van der Waals surface area (Å²) in [7, 11) is 0. The molecule has 0 bridgehead atoms. The lowest BCUT2D eigenvalue weighted by molar-refractivity contribution is 0.616. The summed E-state index contributed by atoms with van der Waals surface area (Å²) in [5, 5.41) is 0.657. The van der Waals surface area contributed by atoms with Crippen LogP contribution in [0.5, 0.6) is 0 Å². The van der Waals surface area contributed by atoms with Gasteiger partial charge in [0.25, 0.3) is 5.56 Å². The van der Waals surface area contributed by atoms with E-state index in [0.29, 0.717) is 34.4 Å². The molecule has 0 saturated carbocycles. The van der Waals surface area contributed by atoms with Gasteiger partial charge in [0.2, 0.25) is 0 Å². The number of nitrogens with zero attached hydrogens (tertiary/aromatic N) is 1. The first kappa shape index (κ1) is 12.6. The smallest absolute Gasteiger partial charge is 0.254 e. The molecule has 0 fully saturated rings. The molecule has 1 aromatic carbocycles. The molecule has 3 aromatic rings. The van der Waals surface area contributed by atoms with E-state index in [9.17, 15) is 9.18 Å². The first-order chi connectivity index (χ1) is 9.69. The summed E-state index contributed by atoms with van der Waals surface area (Å²) < 4.78 is 18.9. The van der Waals surface area contributed by atoms with Gasteiger partial charge < -0.3 is 9.40 Å². The predicted octanol–water partition coefficient (Wildman–Crippen LogP) is 3.27. The maximum atomic E-state index is 13.2. The van der Waals surface area contributed by atoms with Gasteiger partial charge in [-0.05, 0) is 30.7 Å². The number of rotatable bonds is 3. The van der Waals surface area contributed by atoms with E-state index in [-0.39, 0.29) is 11.4 Å². The molecule has 5 heteroatoms. The van der Waals surface area contributed by atoms with E-state index in [1.165, 1.54) is 18.5 Å². The minimum atomic E-state index is -0.322. The lowest BCUT2D eigenvalue weighted by atomic mass is 10.1. The molecule has 20 heavy (non-hydrogen) atoms. The zero-order valence-electron chi connectivity index (χ0n) is 10.9. The van der Waals surface area contributed by atoms with Crippen molar-refractivity contribution in [2.75, 3.05) is 0 Å². The number of nitrogens with one attached hydrogen (secondary N) is 1. The monoisotopic (exact) mass is 272 g/mol. The van der Waals surface area contributed by atoms with Gasteiger partial charge in [0, 0.05) is 10.9 Å². The van der Waals surface area contributed by atoms with Crippen molar-refractivity contribution in [3.05, 3.63) is 52.3 Å². The van der Waals surface area contributed by atoms with Crippen LogP contribution in [0.1, 0.15) is 18.9 Å². The molecule has 0 amide bonds. The molecule has 0 aliphatic heterocycles. The number of fused-ring (bicyclic) bond motifs is 1. The van der Waals surface area contributed by atoms with Crippen LogP contribution in [-0.4, -0.2) is 9.97 Å². The Kier molecular flexibility index (Phi) is 3.10. The molecule has 2 heterocycles. The second kappa shape index (κ2) is 4.92. The fraction of sp³-hybridized carbons (Fsp3) is 0.200. The van der Waals surface area contributed by atoms with E-state index in [4.69, 9.17) is 4.42 Å². The Labute approximate surface area is 114 Å². The first-order valence-electron chi connectivity index (χ1n) is 6.45. The summed E-state index contributed by atoms with van der Waals surface area (Å²) in [6.07, 6.45) is 2.80. The molecule has 0 saturated heterocycles. The highest BCUT2D eigenvalue weighted by atomic mass is 19.1. The molecule has 1 N–H and O–H groups in total. The van der Waals surface area contributed by atoms with Crippen LogP contribution in [0.25, 0.3) is 22.4 Å². The van der Waals surface area contributed by atoms with Crippen molar-refractivity contribution in [2.45, 2.75) is 19.8 Å². The van der Waals surface area contributed by atoms with E-state index >= 15 is 0 Å². The van der Waals surface area contributed by atoms with Crippen molar-refractivity contribution in [1.82, 2.24) is 9.97 Å². The Morgan fingerprint density at radius 2 is 2.20 bits per heavy atom. The van der Waals surface area contributed by atoms with E-state index in [1.807, 2.05) is 6.92 Å². The molecule has 0 spiro atoms. The molecule has 0 aliphatic rings. The third kappa shape index (κ3) is 2.11. The number of aromatic nitrogens is 2. The topological polar surface area (TPSA) is 58.9 Å². The summed E-state index contributed by atoms with van der Waals surface area (Å²) in [4.78, 5) is 18.6. The Balaban J connectivity index is 2.20. The van der Waals surface area contributed by atoms with Crippen LogP contribution in [-0.2, 0) is 6.42 Å². The molecule has 0 atom stereocenters. The van der Waals surface area contributed by atoms with Crippen molar-refractivity contribution in [3.8, 4) is 11.5 Å². The van der Waals surface area contributed by atoms with E-state index in [0.717, 1.165) is 6.42 Å². The first-order valence-corrected chi connectivity index (χ1v) is 6.45. The number of hydrogen-bond acceptors (Lipinski definition) is 3. The molecule has 3 rings (SSSR count). The number of furan rings is 1. The normalized spacial score (nSPS) is 11.1. The highest BCUT2D eigenvalue weighted by molar-refractivity contribution is 5.82. The van der Waals surface area contributed by atoms with Crippen LogP contribution in [0.3, 0.4) is 0 Å². The molecule has 2 aromatic heterocycles. The minimum absolute atomic E-state index is 0.163. The average molecular weight is 272 g/mol. The van der Waals surface area contributed by atoms with Crippen LogP contribution < -0.4 is 5.56 Å². The van der Waals surface area contributed by atoms with Crippen molar-refractivity contribution in [2.24, 2.45) is 0 Å². The summed E-state index contributed by atoms with van der Waals surface area (Å²) in [5.74, 6) is 0.164. The zero-order chi connectivity index (χ0) is 14.1. The highest BCUT2D eigenvalue weighted by Crippen LogP contribution is 2.28. The molecule has 0 aliphatic carbocycles. The van der Waals surface area contributed by atoms with Gasteiger partial charge in [0.05, 0.1) is 6.33 Å². The van der Waals surface area contributed by atoms with Gasteiger partial charge in [-0.2, -0.15) is 0 Å². The maximum Gasteiger partial charge on any atom is 0.254 e. The maximum absolute atomic E-state index is 13.2. The van der Waals surface area contributed by atoms with E-state index in [1.54, 1.807) is 12.1 Å². The van der Waals surface area contributed by atoms with Crippen molar-refractivity contribution >= 4 is 11.0 Å². The zero-order valence-corrected chi connectivity index (χ0v) is 10.9. The van der Waals surface area contributed by atoms with Crippen molar-refractivity contribution in [3.63, 3.8) is 0 Å². The third-order valence-corrected chi connectivity index (χ3v) is 3.16. The van der Waals surface area contributed by atoms with Gasteiger partial charge in [0.15, 0.2) is 5.76 Å². The highest BCUT2D eigenvalue weighted by Gasteiger charge is 2.14. The number of benzene rings is 1. The van der Waals surface area contributed by atoms with E-state index < -0.39 is 0 Å². The number of halogens is 1. The van der Waals surface area contributed by atoms with Crippen molar-refractivity contribution < 1.29 is 8.81 Å². The minimum Gasteiger partial charge on any atom is -0.454 e. The second-order valence-corrected chi connectivity index (χ2v) is 4.60. The number of hydrogen-bond donors (Lipinski definition) is 1. The molecule has 0 radical (unpaired) electrons. The van der Waals surface area contributed by atoms with Crippen LogP contribution in [0.15, 0.2) is 39.8 Å². The Morgan fingerprint density at radius 3 is 3.00 bits per heavy atom. The quantitative estimate of drug-likeness (QED) is 0.796. The average Bonchev–Trinajstić information content (AvgIpc) is 2.84. The molecule has 102 valence electrons. The van der Waals surface area contributed by atoms with Gasteiger partial charge in [-0.25, -0.2) is 9.37 Å². The van der Waals surface area contributed by atoms with E-state index in [2.05, 4.69) is 9.97 Å². The Hall–Kier alpha value is -2.43. The lowest BCUT2D eigenvalue weighted by Gasteiger charge is -2.02. The summed E-state index contributed by atoms with van der Waals surface area (Å²) in [6.45, 7) is 1.99.